The van der Waals surface area contributed by atoms with Crippen LogP contribution in [0.3, 0.4) is 0 Å². The SMILES string of the molecule is CCCCCc1ccc(C(=O)N2CCN(c3nc4nccc(-c5ccc(C6CCCCC6)cc5)n4n3)CC2)cc1. The van der Waals surface area contributed by atoms with Gasteiger partial charge in [-0.2, -0.15) is 9.50 Å². The second-order valence-electron chi connectivity index (χ2n) is 11.3. The molecule has 2 fully saturated rings. The predicted octanol–water partition coefficient (Wildman–Crippen LogP) is 6.53. The van der Waals surface area contributed by atoms with Crippen LogP contribution in [0, 0.1) is 0 Å². The van der Waals surface area contributed by atoms with E-state index in [0.717, 1.165) is 23.2 Å². The van der Waals surface area contributed by atoms with Gasteiger partial charge in [-0.3, -0.25) is 4.79 Å². The Balaban J connectivity index is 1.11. The number of carbonyl (C=O) groups is 1. The van der Waals surface area contributed by atoms with E-state index in [1.54, 1.807) is 0 Å². The first kappa shape index (κ1) is 26.5. The van der Waals surface area contributed by atoms with Gasteiger partial charge in [0.15, 0.2) is 0 Å². The van der Waals surface area contributed by atoms with Gasteiger partial charge in [-0.05, 0) is 60.9 Å². The van der Waals surface area contributed by atoms with Gasteiger partial charge in [0.2, 0.25) is 5.95 Å². The summed E-state index contributed by atoms with van der Waals surface area (Å²) in [4.78, 5) is 26.5. The predicted molar refractivity (Wildman–Crippen MR) is 160 cm³/mol. The van der Waals surface area contributed by atoms with Crippen LogP contribution in [0.15, 0.2) is 60.8 Å². The van der Waals surface area contributed by atoms with E-state index < -0.39 is 0 Å². The maximum Gasteiger partial charge on any atom is 0.254 e. The molecular weight excluding hydrogens is 496 g/mol. The van der Waals surface area contributed by atoms with Gasteiger partial charge in [-0.1, -0.05) is 75.4 Å². The van der Waals surface area contributed by atoms with Gasteiger partial charge in [-0.15, -0.1) is 5.10 Å². The normalized spacial score (nSPS) is 16.5. The fraction of sp³-hybridized carbons (Fsp3) is 0.455. The van der Waals surface area contributed by atoms with Crippen molar-refractivity contribution in [1.82, 2.24) is 24.5 Å². The molecule has 3 heterocycles. The Morgan fingerprint density at radius 3 is 2.35 bits per heavy atom. The molecule has 40 heavy (non-hydrogen) atoms. The number of rotatable bonds is 8. The Morgan fingerprint density at radius 2 is 1.62 bits per heavy atom. The number of aromatic nitrogens is 4. The number of amides is 1. The average molecular weight is 537 g/mol. The standard InChI is InChI=1S/C33H40N6O/c1-2-3-5-8-25-11-13-29(14-12-25)31(40)37-21-23-38(24-22-37)33-35-32-34-20-19-30(39(32)36-33)28-17-15-27(16-18-28)26-9-6-4-7-10-26/h11-20,26H,2-10,21-24H2,1H3. The molecule has 0 bridgehead atoms. The Hall–Kier alpha value is -3.74. The molecule has 1 saturated heterocycles. The summed E-state index contributed by atoms with van der Waals surface area (Å²) in [5.41, 5.74) is 5.63. The minimum Gasteiger partial charge on any atom is -0.336 e. The highest BCUT2D eigenvalue weighted by atomic mass is 16.2. The lowest BCUT2D eigenvalue weighted by Crippen LogP contribution is -2.49. The number of aryl methyl sites for hydroxylation is 1. The van der Waals surface area contributed by atoms with Gasteiger partial charge in [0, 0.05) is 43.5 Å². The number of piperazine rings is 1. The molecule has 6 rings (SSSR count). The molecule has 0 spiro atoms. The number of hydrogen-bond donors (Lipinski definition) is 0. The summed E-state index contributed by atoms with van der Waals surface area (Å²) in [5, 5.41) is 4.86. The molecule has 1 aliphatic carbocycles. The van der Waals surface area contributed by atoms with Gasteiger partial charge in [0.25, 0.3) is 11.7 Å². The first-order chi connectivity index (χ1) is 19.7. The zero-order valence-electron chi connectivity index (χ0n) is 23.6. The van der Waals surface area contributed by atoms with E-state index in [2.05, 4.69) is 53.2 Å². The Morgan fingerprint density at radius 1 is 0.875 bits per heavy atom. The van der Waals surface area contributed by atoms with E-state index in [4.69, 9.17) is 10.1 Å². The number of nitrogens with zero attached hydrogens (tertiary/aromatic N) is 6. The molecule has 208 valence electrons. The van der Waals surface area contributed by atoms with Crippen molar-refractivity contribution in [3.05, 3.63) is 77.5 Å². The molecule has 2 aliphatic rings. The molecule has 1 aliphatic heterocycles. The first-order valence-electron chi connectivity index (χ1n) is 15.1. The number of anilines is 1. The first-order valence-corrected chi connectivity index (χ1v) is 15.1. The summed E-state index contributed by atoms with van der Waals surface area (Å²) < 4.78 is 1.85. The maximum absolute atomic E-state index is 13.1. The monoisotopic (exact) mass is 536 g/mol. The van der Waals surface area contributed by atoms with E-state index in [1.807, 2.05) is 33.8 Å². The fourth-order valence-electron chi connectivity index (χ4n) is 6.18. The second-order valence-corrected chi connectivity index (χ2v) is 11.3. The fourth-order valence-corrected chi connectivity index (χ4v) is 6.18. The summed E-state index contributed by atoms with van der Waals surface area (Å²) in [6.45, 7) is 4.91. The van der Waals surface area contributed by atoms with Crippen LogP contribution >= 0.6 is 0 Å². The number of carbonyl (C=O) groups excluding carboxylic acids is 1. The Bertz CT molecular complexity index is 1410. The van der Waals surface area contributed by atoms with Crippen molar-refractivity contribution >= 4 is 17.6 Å². The summed E-state index contributed by atoms with van der Waals surface area (Å²) in [6, 6.07) is 19.2. The summed E-state index contributed by atoms with van der Waals surface area (Å²) >= 11 is 0. The Kier molecular flexibility index (Phi) is 8.07. The minimum atomic E-state index is 0.100. The number of hydrogen-bond acceptors (Lipinski definition) is 5. The van der Waals surface area contributed by atoms with Crippen LogP contribution < -0.4 is 4.90 Å². The molecule has 0 radical (unpaired) electrons. The minimum absolute atomic E-state index is 0.100. The number of fused-ring (bicyclic) bond motifs is 1. The molecule has 0 atom stereocenters. The lowest BCUT2D eigenvalue weighted by molar-refractivity contribution is 0.0746. The van der Waals surface area contributed by atoms with Gasteiger partial charge in [0.1, 0.15) is 0 Å². The smallest absolute Gasteiger partial charge is 0.254 e. The van der Waals surface area contributed by atoms with Crippen molar-refractivity contribution in [3.63, 3.8) is 0 Å². The van der Waals surface area contributed by atoms with E-state index >= 15 is 0 Å². The molecule has 0 N–H and O–H groups in total. The van der Waals surface area contributed by atoms with Gasteiger partial charge >= 0.3 is 0 Å². The van der Waals surface area contributed by atoms with Crippen molar-refractivity contribution < 1.29 is 4.79 Å². The van der Waals surface area contributed by atoms with E-state index in [0.29, 0.717) is 43.8 Å². The van der Waals surface area contributed by atoms with E-state index in [-0.39, 0.29) is 5.91 Å². The van der Waals surface area contributed by atoms with Crippen molar-refractivity contribution in [1.29, 1.82) is 0 Å². The van der Waals surface area contributed by atoms with Crippen LogP contribution in [0.2, 0.25) is 0 Å². The molecular formula is C33H40N6O. The molecule has 4 aromatic rings. The molecule has 2 aromatic carbocycles. The number of unbranched alkanes of at least 4 members (excludes halogenated alkanes) is 2. The third kappa shape index (κ3) is 5.74. The zero-order valence-corrected chi connectivity index (χ0v) is 23.6. The Labute approximate surface area is 237 Å². The van der Waals surface area contributed by atoms with Crippen molar-refractivity contribution in [2.45, 2.75) is 70.6 Å². The van der Waals surface area contributed by atoms with Crippen molar-refractivity contribution in [3.8, 4) is 11.3 Å². The quantitative estimate of drug-likeness (QED) is 0.239. The zero-order chi connectivity index (χ0) is 27.3. The summed E-state index contributed by atoms with van der Waals surface area (Å²) in [7, 11) is 0. The van der Waals surface area contributed by atoms with Crippen LogP contribution in [0.25, 0.3) is 17.0 Å². The van der Waals surface area contributed by atoms with Gasteiger partial charge in [0.05, 0.1) is 5.69 Å². The van der Waals surface area contributed by atoms with Crippen LogP contribution in [-0.2, 0) is 6.42 Å². The topological polar surface area (TPSA) is 66.6 Å². The van der Waals surface area contributed by atoms with Crippen LogP contribution in [0.1, 0.15) is 85.7 Å². The largest absolute Gasteiger partial charge is 0.336 e. The molecule has 2 aromatic heterocycles. The highest BCUT2D eigenvalue weighted by Crippen LogP contribution is 2.33. The molecule has 7 nitrogen and oxygen atoms in total. The van der Waals surface area contributed by atoms with Crippen LogP contribution in [0.4, 0.5) is 5.95 Å². The van der Waals surface area contributed by atoms with Gasteiger partial charge in [-0.25, -0.2) is 4.98 Å². The molecule has 1 amide bonds. The van der Waals surface area contributed by atoms with Gasteiger partial charge < -0.3 is 9.80 Å². The summed E-state index contributed by atoms with van der Waals surface area (Å²) in [6.07, 6.45) is 13.2. The highest BCUT2D eigenvalue weighted by Gasteiger charge is 2.25. The lowest BCUT2D eigenvalue weighted by Gasteiger charge is -2.34. The van der Waals surface area contributed by atoms with Crippen molar-refractivity contribution in [2.75, 3.05) is 31.1 Å². The molecule has 1 saturated carbocycles. The third-order valence-electron chi connectivity index (χ3n) is 8.63. The maximum atomic E-state index is 13.1. The second kappa shape index (κ2) is 12.2. The highest BCUT2D eigenvalue weighted by molar-refractivity contribution is 5.94. The lowest BCUT2D eigenvalue weighted by atomic mass is 9.84. The van der Waals surface area contributed by atoms with Crippen LogP contribution in [-0.4, -0.2) is 56.6 Å². The van der Waals surface area contributed by atoms with E-state index in [1.165, 1.54) is 62.5 Å². The molecule has 0 unspecified atom stereocenters. The molecule has 7 heteroatoms. The van der Waals surface area contributed by atoms with Crippen LogP contribution in [0.5, 0.6) is 0 Å². The van der Waals surface area contributed by atoms with Crippen molar-refractivity contribution in [2.24, 2.45) is 0 Å². The summed E-state index contributed by atoms with van der Waals surface area (Å²) in [5.74, 6) is 2.06. The van der Waals surface area contributed by atoms with E-state index in [9.17, 15) is 4.79 Å². The third-order valence-corrected chi connectivity index (χ3v) is 8.63. The number of benzene rings is 2. The average Bonchev–Trinajstić information content (AvgIpc) is 3.47.